The first-order chi connectivity index (χ1) is 13.5. The Morgan fingerprint density at radius 2 is 1.25 bits per heavy atom. The molecule has 0 atom stereocenters. The molecule has 2 nitrogen and oxygen atoms in total. The monoisotopic (exact) mass is 368 g/mol. The zero-order valence-corrected chi connectivity index (χ0v) is 17.5. The van der Waals surface area contributed by atoms with Gasteiger partial charge in [-0.3, -0.25) is 4.99 Å². The van der Waals surface area contributed by atoms with Crippen LogP contribution in [0.4, 0.5) is 5.69 Å². The maximum absolute atomic E-state index is 5.33. The Bertz CT molecular complexity index is 1070. The van der Waals surface area contributed by atoms with E-state index in [1.165, 1.54) is 33.0 Å². The second-order valence-corrected chi connectivity index (χ2v) is 8.09. The molecule has 0 bridgehead atoms. The smallest absolute Gasteiger partial charge is 0.0974 e. The molecule has 0 saturated heterocycles. The summed E-state index contributed by atoms with van der Waals surface area (Å²) in [5.74, 6) is 0.841. The number of benzene rings is 3. The molecular weight excluding hydrogens is 340 g/mol. The maximum atomic E-state index is 5.33. The summed E-state index contributed by atoms with van der Waals surface area (Å²) in [5.41, 5.74) is 8.19. The Balaban J connectivity index is 2.04. The predicted molar refractivity (Wildman–Crippen MR) is 122 cm³/mol. The van der Waals surface area contributed by atoms with E-state index in [1.54, 1.807) is 0 Å². The Labute approximate surface area is 168 Å². The van der Waals surface area contributed by atoms with Crippen molar-refractivity contribution in [1.82, 2.24) is 0 Å². The normalized spacial score (nSPS) is 16.2. The molecule has 1 aliphatic carbocycles. The van der Waals surface area contributed by atoms with Crippen LogP contribution in [0.5, 0.6) is 0 Å². The fraction of sp³-hybridized carbons (Fsp3) is 0.308. The first-order valence-corrected chi connectivity index (χ1v) is 10.3. The van der Waals surface area contributed by atoms with Crippen molar-refractivity contribution >= 4 is 27.9 Å². The summed E-state index contributed by atoms with van der Waals surface area (Å²) < 4.78 is 0. The summed E-state index contributed by atoms with van der Waals surface area (Å²) in [6.07, 6.45) is 0. The van der Waals surface area contributed by atoms with Gasteiger partial charge >= 0.3 is 0 Å². The lowest BCUT2D eigenvalue weighted by atomic mass is 9.92. The van der Waals surface area contributed by atoms with Crippen molar-refractivity contribution in [1.29, 1.82) is 0 Å². The lowest BCUT2D eigenvalue weighted by Crippen LogP contribution is -2.11. The second kappa shape index (κ2) is 7.35. The molecule has 3 aromatic rings. The summed E-state index contributed by atoms with van der Waals surface area (Å²) in [7, 11) is 0. The Morgan fingerprint density at radius 3 is 1.79 bits per heavy atom. The third-order valence-electron chi connectivity index (χ3n) is 5.52. The summed E-state index contributed by atoms with van der Waals surface area (Å²) >= 11 is 0. The molecule has 3 aromatic carbocycles. The highest BCUT2D eigenvalue weighted by molar-refractivity contribution is 6.61. The third kappa shape index (κ3) is 2.97. The average Bonchev–Trinajstić information content (AvgIpc) is 2.97. The van der Waals surface area contributed by atoms with Crippen LogP contribution in [0.2, 0.25) is 0 Å². The molecule has 0 unspecified atom stereocenters. The summed E-state index contributed by atoms with van der Waals surface area (Å²) in [6.45, 7) is 11.8. The first-order valence-electron chi connectivity index (χ1n) is 10.3. The maximum Gasteiger partial charge on any atom is 0.0974 e. The Hall–Kier alpha value is -2.74. The molecule has 0 fully saturated rings. The zero-order chi connectivity index (χ0) is 19.8. The minimum Gasteiger partial charge on any atom is -0.283 e. The highest BCUT2D eigenvalue weighted by Gasteiger charge is 2.27. The van der Waals surface area contributed by atoms with Gasteiger partial charge in [-0.05, 0) is 35.3 Å². The number of aliphatic imine (C=N–C) groups is 2. The van der Waals surface area contributed by atoms with E-state index in [4.69, 9.17) is 9.98 Å². The summed E-state index contributed by atoms with van der Waals surface area (Å²) in [5, 5.41) is 2.54. The fourth-order valence-corrected chi connectivity index (χ4v) is 4.17. The van der Waals surface area contributed by atoms with Gasteiger partial charge < -0.3 is 0 Å². The minimum atomic E-state index is 0.421. The fourth-order valence-electron chi connectivity index (χ4n) is 4.17. The van der Waals surface area contributed by atoms with Crippen LogP contribution in [0, 0.1) is 0 Å². The van der Waals surface area contributed by atoms with Crippen LogP contribution in [-0.2, 0) is 0 Å². The van der Waals surface area contributed by atoms with Crippen molar-refractivity contribution in [3.8, 4) is 0 Å². The molecule has 0 saturated carbocycles. The van der Waals surface area contributed by atoms with E-state index >= 15 is 0 Å². The summed E-state index contributed by atoms with van der Waals surface area (Å²) in [4.78, 5) is 10.2. The van der Waals surface area contributed by atoms with Crippen molar-refractivity contribution in [2.45, 2.75) is 46.5 Å². The van der Waals surface area contributed by atoms with Crippen LogP contribution in [-0.4, -0.2) is 18.0 Å². The second-order valence-electron chi connectivity index (χ2n) is 8.09. The van der Waals surface area contributed by atoms with E-state index in [0.717, 1.165) is 23.7 Å². The molecule has 0 radical (unpaired) electrons. The Morgan fingerprint density at radius 1 is 0.714 bits per heavy atom. The molecule has 4 rings (SSSR count). The van der Waals surface area contributed by atoms with E-state index < -0.39 is 0 Å². The van der Waals surface area contributed by atoms with Crippen LogP contribution < -0.4 is 0 Å². The minimum absolute atomic E-state index is 0.421. The number of para-hydroxylation sites is 1. The third-order valence-corrected chi connectivity index (χ3v) is 5.52. The van der Waals surface area contributed by atoms with Gasteiger partial charge in [-0.15, -0.1) is 0 Å². The Kier molecular flexibility index (Phi) is 4.89. The molecule has 2 heteroatoms. The van der Waals surface area contributed by atoms with Gasteiger partial charge in [-0.25, -0.2) is 4.99 Å². The van der Waals surface area contributed by atoms with Crippen LogP contribution in [0.25, 0.3) is 10.8 Å². The van der Waals surface area contributed by atoms with Gasteiger partial charge in [-0.2, -0.15) is 0 Å². The number of hydrogen-bond acceptors (Lipinski definition) is 2. The van der Waals surface area contributed by atoms with Gasteiger partial charge in [-0.1, -0.05) is 82.3 Å². The van der Waals surface area contributed by atoms with Gasteiger partial charge in [0.2, 0.25) is 0 Å². The largest absolute Gasteiger partial charge is 0.283 e. The lowest BCUT2D eigenvalue weighted by Gasteiger charge is -2.17. The van der Waals surface area contributed by atoms with Crippen molar-refractivity contribution in [2.24, 2.45) is 9.98 Å². The molecule has 0 aliphatic heterocycles. The van der Waals surface area contributed by atoms with Crippen molar-refractivity contribution in [3.63, 3.8) is 0 Å². The van der Waals surface area contributed by atoms with Crippen LogP contribution >= 0.6 is 0 Å². The number of rotatable bonds is 4. The molecule has 0 N–H and O–H groups in total. The van der Waals surface area contributed by atoms with Crippen LogP contribution in [0.1, 0.15) is 68.7 Å². The topological polar surface area (TPSA) is 24.7 Å². The van der Waals surface area contributed by atoms with E-state index in [-0.39, 0.29) is 0 Å². The summed E-state index contributed by atoms with van der Waals surface area (Å²) in [6, 6.07) is 19.6. The van der Waals surface area contributed by atoms with E-state index in [1.807, 2.05) is 0 Å². The van der Waals surface area contributed by atoms with Gasteiger partial charge in [0.15, 0.2) is 0 Å². The molecule has 142 valence electrons. The van der Waals surface area contributed by atoms with Gasteiger partial charge in [0.05, 0.1) is 17.1 Å². The first kappa shape index (κ1) is 18.6. The van der Waals surface area contributed by atoms with Gasteiger partial charge in [0.25, 0.3) is 0 Å². The highest BCUT2D eigenvalue weighted by Crippen LogP contribution is 2.38. The average molecular weight is 369 g/mol. The lowest BCUT2D eigenvalue weighted by molar-refractivity contribution is 0.835. The predicted octanol–water partition coefficient (Wildman–Crippen LogP) is 7.03. The highest BCUT2D eigenvalue weighted by atomic mass is 14.8. The number of nitrogens with zero attached hydrogens (tertiary/aromatic N) is 2. The SMILES string of the molecule is CCN=C1C(=Nc2c(C(C)C)cccc2C(C)C)c2cccc3cccc1c23. The molecular formula is C26H28N2. The van der Waals surface area contributed by atoms with Gasteiger partial charge in [0.1, 0.15) is 0 Å². The number of hydrogen-bond donors (Lipinski definition) is 0. The molecule has 1 aliphatic rings. The zero-order valence-electron chi connectivity index (χ0n) is 17.5. The van der Waals surface area contributed by atoms with Crippen LogP contribution in [0.15, 0.2) is 64.6 Å². The quantitative estimate of drug-likeness (QED) is 0.472. The van der Waals surface area contributed by atoms with Crippen molar-refractivity contribution < 1.29 is 0 Å². The van der Waals surface area contributed by atoms with E-state index in [0.29, 0.717) is 11.8 Å². The van der Waals surface area contributed by atoms with Crippen molar-refractivity contribution in [2.75, 3.05) is 6.54 Å². The standard InChI is InChI=1S/C26H28N2/c1-6-27-25-21-14-7-10-18-11-8-15-22(23(18)21)26(25)28-24-19(16(2)3)12-9-13-20(24)17(4)5/h7-17H,6H2,1-5H3. The molecule has 0 amide bonds. The van der Waals surface area contributed by atoms with Gasteiger partial charge in [0, 0.05) is 23.1 Å². The molecule has 28 heavy (non-hydrogen) atoms. The van der Waals surface area contributed by atoms with E-state index in [9.17, 15) is 0 Å². The van der Waals surface area contributed by atoms with E-state index in [2.05, 4.69) is 89.2 Å². The molecule has 0 heterocycles. The van der Waals surface area contributed by atoms with Crippen molar-refractivity contribution in [3.05, 3.63) is 76.9 Å². The van der Waals surface area contributed by atoms with Crippen LogP contribution in [0.3, 0.4) is 0 Å². The molecule has 0 spiro atoms. The molecule has 0 aromatic heterocycles.